The summed E-state index contributed by atoms with van der Waals surface area (Å²) in [7, 11) is 0. The molecule has 1 N–H and O–H groups in total. The molecule has 0 aromatic rings. The third-order valence-electron chi connectivity index (χ3n) is 10.2. The summed E-state index contributed by atoms with van der Waals surface area (Å²) in [6.07, 6.45) is 12.3. The van der Waals surface area contributed by atoms with Gasteiger partial charge in [-0.15, -0.1) is 0 Å². The van der Waals surface area contributed by atoms with Gasteiger partial charge in [0.05, 0.1) is 17.9 Å². The van der Waals surface area contributed by atoms with Crippen molar-refractivity contribution >= 4 is 17.6 Å². The molecule has 3 atom stereocenters. The number of amides is 2. The second-order valence-electron chi connectivity index (χ2n) is 12.1. The second kappa shape index (κ2) is 9.07. The van der Waals surface area contributed by atoms with Gasteiger partial charge < -0.3 is 5.32 Å². The SMILES string of the molecule is O=C(C1C2CC3CC(C2)CC1C3)C1CNCCN1CCCCN1C(=O)C2CCCCC2C1=O. The van der Waals surface area contributed by atoms with Gasteiger partial charge in [0.1, 0.15) is 0 Å². The highest BCUT2D eigenvalue weighted by molar-refractivity contribution is 6.05. The molecular formula is C27H41N3O3. The second-order valence-corrected chi connectivity index (χ2v) is 12.1. The smallest absolute Gasteiger partial charge is 0.233 e. The van der Waals surface area contributed by atoms with E-state index < -0.39 is 0 Å². The lowest BCUT2D eigenvalue weighted by Gasteiger charge is -2.55. The minimum atomic E-state index is -0.0394. The van der Waals surface area contributed by atoms with Gasteiger partial charge in [-0.05, 0) is 88.0 Å². The molecule has 4 bridgehead atoms. The number of unbranched alkanes of at least 4 members (excludes halogenated alkanes) is 1. The maximum atomic E-state index is 13.8. The number of hydrogen-bond acceptors (Lipinski definition) is 5. The monoisotopic (exact) mass is 455 g/mol. The van der Waals surface area contributed by atoms with Crippen LogP contribution >= 0.6 is 0 Å². The zero-order valence-electron chi connectivity index (χ0n) is 20.1. The lowest BCUT2D eigenvalue weighted by Crippen LogP contribution is -2.59. The van der Waals surface area contributed by atoms with Gasteiger partial charge in [0.25, 0.3) is 0 Å². The number of carbonyl (C=O) groups excluding carboxylic acids is 3. The average molecular weight is 456 g/mol. The summed E-state index contributed by atoms with van der Waals surface area (Å²) in [5.74, 6) is 4.00. The van der Waals surface area contributed by atoms with Crippen molar-refractivity contribution in [2.75, 3.05) is 32.7 Å². The Labute approximate surface area is 198 Å². The molecule has 7 fully saturated rings. The van der Waals surface area contributed by atoms with Gasteiger partial charge in [-0.2, -0.15) is 0 Å². The molecule has 5 saturated carbocycles. The zero-order valence-corrected chi connectivity index (χ0v) is 20.1. The number of hydrogen-bond donors (Lipinski definition) is 1. The normalized spacial score (nSPS) is 42.7. The molecule has 5 aliphatic carbocycles. The van der Waals surface area contributed by atoms with Crippen molar-refractivity contribution in [3.8, 4) is 0 Å². The number of nitrogens with one attached hydrogen (secondary N) is 1. The van der Waals surface area contributed by atoms with Gasteiger partial charge in [-0.3, -0.25) is 24.2 Å². The van der Waals surface area contributed by atoms with Gasteiger partial charge >= 0.3 is 0 Å². The summed E-state index contributed by atoms with van der Waals surface area (Å²) in [4.78, 5) is 43.2. The van der Waals surface area contributed by atoms with Crippen LogP contribution in [0.5, 0.6) is 0 Å². The minimum Gasteiger partial charge on any atom is -0.313 e. The van der Waals surface area contributed by atoms with Gasteiger partial charge in [-0.1, -0.05) is 12.8 Å². The predicted octanol–water partition coefficient (Wildman–Crippen LogP) is 2.86. The van der Waals surface area contributed by atoms with Gasteiger partial charge in [0.15, 0.2) is 5.78 Å². The Balaban J connectivity index is 1.03. The fraction of sp³-hybridized carbons (Fsp3) is 0.889. The van der Waals surface area contributed by atoms with E-state index in [0.29, 0.717) is 30.1 Å². The van der Waals surface area contributed by atoms with Crippen molar-refractivity contribution in [3.63, 3.8) is 0 Å². The number of Topliss-reactive ketones (excluding diaryl/α,β-unsaturated/α-hetero) is 1. The van der Waals surface area contributed by atoms with Gasteiger partial charge in [0, 0.05) is 32.1 Å². The number of rotatable bonds is 7. The minimum absolute atomic E-state index is 0.0131. The summed E-state index contributed by atoms with van der Waals surface area (Å²) in [6.45, 7) is 4.11. The van der Waals surface area contributed by atoms with E-state index in [1.54, 1.807) is 4.90 Å². The molecule has 33 heavy (non-hydrogen) atoms. The fourth-order valence-electron chi connectivity index (χ4n) is 8.94. The van der Waals surface area contributed by atoms with E-state index in [1.807, 2.05) is 0 Å². The molecule has 2 aliphatic heterocycles. The van der Waals surface area contributed by atoms with Crippen molar-refractivity contribution in [1.82, 2.24) is 15.1 Å². The predicted molar refractivity (Wildman–Crippen MR) is 125 cm³/mol. The largest absolute Gasteiger partial charge is 0.313 e. The molecule has 2 heterocycles. The molecule has 0 aromatic carbocycles. The van der Waals surface area contributed by atoms with E-state index in [4.69, 9.17) is 0 Å². The number of piperazine rings is 1. The summed E-state index contributed by atoms with van der Waals surface area (Å²) in [6, 6.07) is 0.0131. The van der Waals surface area contributed by atoms with Crippen LogP contribution in [0, 0.1) is 41.4 Å². The quantitative estimate of drug-likeness (QED) is 0.472. The third kappa shape index (κ3) is 3.99. The molecule has 2 amide bonds. The van der Waals surface area contributed by atoms with Crippen molar-refractivity contribution in [2.45, 2.75) is 76.7 Å². The number of ketones is 1. The van der Waals surface area contributed by atoms with Crippen molar-refractivity contribution in [1.29, 1.82) is 0 Å². The lowest BCUT2D eigenvalue weighted by atomic mass is 9.50. The molecule has 0 aromatic heterocycles. The van der Waals surface area contributed by atoms with E-state index in [1.165, 1.54) is 32.1 Å². The number of nitrogens with zero attached hydrogens (tertiary/aromatic N) is 2. The van der Waals surface area contributed by atoms with Crippen LogP contribution in [0.3, 0.4) is 0 Å². The van der Waals surface area contributed by atoms with Gasteiger partial charge in [-0.25, -0.2) is 0 Å². The van der Waals surface area contributed by atoms with Crippen molar-refractivity contribution in [3.05, 3.63) is 0 Å². The highest BCUT2D eigenvalue weighted by Crippen LogP contribution is 2.57. The molecular weight excluding hydrogens is 414 g/mol. The molecule has 7 rings (SSSR count). The Kier molecular flexibility index (Phi) is 6.10. The topological polar surface area (TPSA) is 69.7 Å². The first-order valence-corrected chi connectivity index (χ1v) is 13.9. The highest BCUT2D eigenvalue weighted by atomic mass is 16.2. The molecule has 3 unspecified atom stereocenters. The van der Waals surface area contributed by atoms with E-state index in [-0.39, 0.29) is 29.7 Å². The lowest BCUT2D eigenvalue weighted by molar-refractivity contribution is -0.142. The van der Waals surface area contributed by atoms with Gasteiger partial charge in [0.2, 0.25) is 11.8 Å². The van der Waals surface area contributed by atoms with Crippen LogP contribution < -0.4 is 5.32 Å². The molecule has 2 saturated heterocycles. The Morgan fingerprint density at radius 1 is 0.848 bits per heavy atom. The first-order chi connectivity index (χ1) is 16.1. The first-order valence-electron chi connectivity index (χ1n) is 13.9. The Morgan fingerprint density at radius 3 is 2.09 bits per heavy atom. The van der Waals surface area contributed by atoms with Crippen LogP contribution in [0.1, 0.15) is 70.6 Å². The van der Waals surface area contributed by atoms with Crippen molar-refractivity contribution in [2.24, 2.45) is 41.4 Å². The molecule has 7 aliphatic rings. The Hall–Kier alpha value is -1.27. The van der Waals surface area contributed by atoms with E-state index in [2.05, 4.69) is 10.2 Å². The molecule has 182 valence electrons. The fourth-order valence-corrected chi connectivity index (χ4v) is 8.94. The number of likely N-dealkylation sites (tertiary alicyclic amines) is 1. The molecule has 6 nitrogen and oxygen atoms in total. The summed E-state index contributed by atoms with van der Waals surface area (Å²) < 4.78 is 0. The summed E-state index contributed by atoms with van der Waals surface area (Å²) in [5, 5.41) is 3.48. The third-order valence-corrected chi connectivity index (χ3v) is 10.2. The number of imide groups is 1. The van der Waals surface area contributed by atoms with Crippen LogP contribution in [-0.2, 0) is 14.4 Å². The average Bonchev–Trinajstić information content (AvgIpc) is 3.06. The Bertz CT molecular complexity index is 745. The highest BCUT2D eigenvalue weighted by Gasteiger charge is 2.52. The zero-order chi connectivity index (χ0) is 22.5. The molecule has 0 spiro atoms. The van der Waals surface area contributed by atoms with Crippen LogP contribution in [0.25, 0.3) is 0 Å². The maximum absolute atomic E-state index is 13.8. The summed E-state index contributed by atoms with van der Waals surface area (Å²) >= 11 is 0. The van der Waals surface area contributed by atoms with Crippen LogP contribution in [0.4, 0.5) is 0 Å². The Morgan fingerprint density at radius 2 is 1.45 bits per heavy atom. The summed E-state index contributed by atoms with van der Waals surface area (Å²) in [5.41, 5.74) is 0. The van der Waals surface area contributed by atoms with E-state index in [9.17, 15) is 14.4 Å². The van der Waals surface area contributed by atoms with Crippen LogP contribution in [0.2, 0.25) is 0 Å². The molecule has 6 heteroatoms. The van der Waals surface area contributed by atoms with Crippen LogP contribution in [-0.4, -0.2) is 66.2 Å². The van der Waals surface area contributed by atoms with Crippen molar-refractivity contribution < 1.29 is 14.4 Å². The standard InChI is InChI=1S/C27H41N3O3/c31-25(24-19-12-17-11-18(14-19)15-20(24)13-17)23-16-28-7-10-29(23)8-3-4-9-30-26(32)21-5-1-2-6-22(21)27(30)33/h17-24,28H,1-16H2. The number of carbonyl (C=O) groups is 3. The first kappa shape index (κ1) is 22.2. The van der Waals surface area contributed by atoms with E-state index in [0.717, 1.165) is 76.5 Å². The van der Waals surface area contributed by atoms with E-state index >= 15 is 0 Å². The van der Waals surface area contributed by atoms with Crippen LogP contribution in [0.15, 0.2) is 0 Å². The number of fused-ring (bicyclic) bond motifs is 1. The molecule has 0 radical (unpaired) electrons. The maximum Gasteiger partial charge on any atom is 0.233 e.